The van der Waals surface area contributed by atoms with Crippen molar-refractivity contribution in [3.05, 3.63) is 71.8 Å². The number of aliphatic hydroxyl groups is 1. The third-order valence-electron chi connectivity index (χ3n) is 5.07. The molecule has 136 valence electrons. The smallest absolute Gasteiger partial charge is 0.321 e. The molecule has 3 N–H and O–H groups in total. The van der Waals surface area contributed by atoms with Crippen molar-refractivity contribution in [3.63, 3.8) is 0 Å². The Labute approximate surface area is 152 Å². The van der Waals surface area contributed by atoms with Gasteiger partial charge in [0.2, 0.25) is 0 Å². The monoisotopic (exact) mass is 354 g/mol. The van der Waals surface area contributed by atoms with Crippen LogP contribution < -0.4 is 10.6 Å². The van der Waals surface area contributed by atoms with Crippen LogP contribution in [0.2, 0.25) is 0 Å². The molecular formula is C19H22N4O3. The molecule has 0 spiro atoms. The first-order valence-corrected chi connectivity index (χ1v) is 8.22. The molecule has 2 saturated heterocycles. The maximum Gasteiger partial charge on any atom is 0.321 e. The first kappa shape index (κ1) is 17.8. The fourth-order valence-electron chi connectivity index (χ4n) is 4.02. The first-order chi connectivity index (χ1) is 12.5. The van der Waals surface area contributed by atoms with Crippen molar-refractivity contribution >= 4 is 12.1 Å². The average Bonchev–Trinajstić information content (AvgIpc) is 3.06. The van der Waals surface area contributed by atoms with Gasteiger partial charge in [-0.1, -0.05) is 60.7 Å². The van der Waals surface area contributed by atoms with Crippen LogP contribution in [0.3, 0.4) is 0 Å². The van der Waals surface area contributed by atoms with E-state index in [1.807, 2.05) is 60.7 Å². The SMILES string of the molecule is CN1C(=O)NC2(c3ccccc3)NC(=O)N(C)C12c1ccccc1.CO. The van der Waals surface area contributed by atoms with Gasteiger partial charge in [0.25, 0.3) is 0 Å². The summed E-state index contributed by atoms with van der Waals surface area (Å²) in [6, 6.07) is 18.7. The molecule has 0 aliphatic carbocycles. The fraction of sp³-hybridized carbons (Fsp3) is 0.263. The summed E-state index contributed by atoms with van der Waals surface area (Å²) in [5.41, 5.74) is -0.378. The second-order valence-corrected chi connectivity index (χ2v) is 6.13. The van der Waals surface area contributed by atoms with Crippen LogP contribution in [0.15, 0.2) is 60.7 Å². The van der Waals surface area contributed by atoms with Crippen molar-refractivity contribution in [3.8, 4) is 0 Å². The summed E-state index contributed by atoms with van der Waals surface area (Å²) in [4.78, 5) is 28.4. The zero-order valence-corrected chi connectivity index (χ0v) is 14.9. The topological polar surface area (TPSA) is 84.9 Å². The third-order valence-corrected chi connectivity index (χ3v) is 5.07. The Hall–Kier alpha value is -3.06. The molecule has 2 aliphatic rings. The predicted octanol–water partition coefficient (Wildman–Crippen LogP) is 1.61. The molecule has 2 aromatic rings. The summed E-state index contributed by atoms with van der Waals surface area (Å²) in [5, 5.41) is 13.0. The highest BCUT2D eigenvalue weighted by Crippen LogP contribution is 2.52. The molecule has 0 saturated carbocycles. The minimum Gasteiger partial charge on any atom is -0.400 e. The largest absolute Gasteiger partial charge is 0.400 e. The van der Waals surface area contributed by atoms with Crippen LogP contribution >= 0.6 is 0 Å². The van der Waals surface area contributed by atoms with E-state index in [0.717, 1.165) is 18.2 Å². The standard InChI is InChI=1S/C18H18N4O2.CH4O/c1-21-15(23)19-17(13-9-5-3-6-10-13)18(21,22(2)16(24)20-17)14-11-7-4-8-12-14;1-2/h3-12H,1-2H3,(H,19,23)(H,20,24);2H,1H3. The lowest BCUT2D eigenvalue weighted by atomic mass is 9.81. The molecule has 2 aliphatic heterocycles. The van der Waals surface area contributed by atoms with E-state index in [-0.39, 0.29) is 12.1 Å². The first-order valence-electron chi connectivity index (χ1n) is 8.22. The van der Waals surface area contributed by atoms with E-state index in [1.54, 1.807) is 23.9 Å². The second-order valence-electron chi connectivity index (χ2n) is 6.13. The Morgan fingerprint density at radius 1 is 0.731 bits per heavy atom. The van der Waals surface area contributed by atoms with Gasteiger partial charge in [0.1, 0.15) is 0 Å². The van der Waals surface area contributed by atoms with Crippen molar-refractivity contribution in [2.75, 3.05) is 21.2 Å². The van der Waals surface area contributed by atoms with Gasteiger partial charge in [0.05, 0.1) is 0 Å². The summed E-state index contributed by atoms with van der Waals surface area (Å²) in [7, 11) is 4.42. The maximum absolute atomic E-state index is 12.6. The molecule has 0 bridgehead atoms. The van der Waals surface area contributed by atoms with Gasteiger partial charge < -0.3 is 15.7 Å². The van der Waals surface area contributed by atoms with E-state index < -0.39 is 11.3 Å². The van der Waals surface area contributed by atoms with Crippen molar-refractivity contribution in [1.82, 2.24) is 20.4 Å². The Morgan fingerprint density at radius 3 is 1.54 bits per heavy atom. The van der Waals surface area contributed by atoms with Crippen LogP contribution in [0.1, 0.15) is 11.1 Å². The zero-order chi connectivity index (χ0) is 18.9. The number of urea groups is 2. The molecule has 2 heterocycles. The van der Waals surface area contributed by atoms with Gasteiger partial charge in [-0.2, -0.15) is 0 Å². The summed E-state index contributed by atoms with van der Waals surface area (Å²) in [5.74, 6) is 0. The highest BCUT2D eigenvalue weighted by Gasteiger charge is 2.72. The van der Waals surface area contributed by atoms with Crippen LogP contribution in [-0.2, 0) is 11.3 Å². The van der Waals surface area contributed by atoms with Gasteiger partial charge in [0, 0.05) is 32.3 Å². The van der Waals surface area contributed by atoms with Crippen LogP contribution in [0.5, 0.6) is 0 Å². The van der Waals surface area contributed by atoms with Crippen molar-refractivity contribution < 1.29 is 14.7 Å². The van der Waals surface area contributed by atoms with Crippen LogP contribution in [0.4, 0.5) is 9.59 Å². The molecule has 2 fully saturated rings. The quantitative estimate of drug-likeness (QED) is 0.766. The molecule has 0 atom stereocenters. The summed E-state index contributed by atoms with van der Waals surface area (Å²) in [6.07, 6.45) is 0. The maximum atomic E-state index is 12.6. The summed E-state index contributed by atoms with van der Waals surface area (Å²) < 4.78 is 0. The van der Waals surface area contributed by atoms with E-state index in [4.69, 9.17) is 5.11 Å². The Balaban J connectivity index is 0.000000948. The minimum atomic E-state index is -1.06. The van der Waals surface area contributed by atoms with Gasteiger partial charge in [-0.15, -0.1) is 0 Å². The van der Waals surface area contributed by atoms with Gasteiger partial charge in [0.15, 0.2) is 11.3 Å². The minimum absolute atomic E-state index is 0.241. The number of rotatable bonds is 2. The molecule has 4 amide bonds. The summed E-state index contributed by atoms with van der Waals surface area (Å²) >= 11 is 0. The fourth-order valence-corrected chi connectivity index (χ4v) is 4.02. The lowest BCUT2D eigenvalue weighted by Gasteiger charge is -2.44. The van der Waals surface area contributed by atoms with Gasteiger partial charge in [-0.25, -0.2) is 9.59 Å². The molecule has 7 nitrogen and oxygen atoms in total. The molecule has 0 radical (unpaired) electrons. The predicted molar refractivity (Wildman–Crippen MR) is 97.0 cm³/mol. The second kappa shape index (κ2) is 6.34. The van der Waals surface area contributed by atoms with E-state index in [1.165, 1.54) is 0 Å². The number of amides is 4. The average molecular weight is 354 g/mol. The Kier molecular flexibility index (Phi) is 4.33. The van der Waals surface area contributed by atoms with Crippen molar-refractivity contribution in [1.29, 1.82) is 0 Å². The van der Waals surface area contributed by atoms with Crippen LogP contribution in [0, 0.1) is 0 Å². The number of likely N-dealkylation sites (N-methyl/N-ethyl adjacent to an activating group) is 2. The van der Waals surface area contributed by atoms with Crippen LogP contribution in [0.25, 0.3) is 0 Å². The highest BCUT2D eigenvalue weighted by molar-refractivity contribution is 5.89. The molecule has 7 heteroatoms. The third kappa shape index (κ3) is 2.04. The molecule has 0 unspecified atom stereocenters. The number of benzene rings is 2. The van der Waals surface area contributed by atoms with Crippen molar-refractivity contribution in [2.45, 2.75) is 11.3 Å². The zero-order valence-electron chi connectivity index (χ0n) is 14.9. The lowest BCUT2D eigenvalue weighted by Crippen LogP contribution is -2.61. The molecule has 4 rings (SSSR count). The van der Waals surface area contributed by atoms with E-state index in [2.05, 4.69) is 10.6 Å². The molecule has 2 aromatic carbocycles. The van der Waals surface area contributed by atoms with Gasteiger partial charge in [-0.3, -0.25) is 9.80 Å². The molecule has 26 heavy (non-hydrogen) atoms. The van der Waals surface area contributed by atoms with Crippen molar-refractivity contribution in [2.24, 2.45) is 0 Å². The Morgan fingerprint density at radius 2 is 1.12 bits per heavy atom. The van der Waals surface area contributed by atoms with E-state index in [9.17, 15) is 9.59 Å². The summed E-state index contributed by atoms with van der Waals surface area (Å²) in [6.45, 7) is 0. The number of nitrogens with zero attached hydrogens (tertiary/aromatic N) is 2. The highest BCUT2D eigenvalue weighted by atomic mass is 16.2. The number of carbonyl (C=O) groups is 2. The number of hydrogen-bond acceptors (Lipinski definition) is 3. The Bertz CT molecular complexity index is 786. The number of nitrogens with one attached hydrogen (secondary N) is 2. The number of fused-ring (bicyclic) bond motifs is 1. The molecule has 0 aromatic heterocycles. The van der Waals surface area contributed by atoms with Gasteiger partial charge in [-0.05, 0) is 0 Å². The number of carbonyl (C=O) groups excluding carboxylic acids is 2. The van der Waals surface area contributed by atoms with Gasteiger partial charge >= 0.3 is 12.1 Å². The number of hydrogen-bond donors (Lipinski definition) is 3. The number of aliphatic hydroxyl groups excluding tert-OH is 1. The van der Waals surface area contributed by atoms with E-state index in [0.29, 0.717) is 0 Å². The lowest BCUT2D eigenvalue weighted by molar-refractivity contribution is 0.0159. The molecular weight excluding hydrogens is 332 g/mol. The normalized spacial score (nSPS) is 26.6. The van der Waals surface area contributed by atoms with E-state index >= 15 is 0 Å². The van der Waals surface area contributed by atoms with Crippen LogP contribution in [-0.4, -0.2) is 48.2 Å².